The van der Waals surface area contributed by atoms with Crippen molar-refractivity contribution in [1.82, 2.24) is 15.0 Å². The molecule has 0 aliphatic heterocycles. The molecule has 0 saturated heterocycles. The SMILES string of the molecule is CCSCn1nnc(-c2ccc(OC)cc2)c1C(=O)Nc1ccc(Cl)cc1. The van der Waals surface area contributed by atoms with Gasteiger partial charge in [-0.15, -0.1) is 16.9 Å². The van der Waals surface area contributed by atoms with Crippen molar-refractivity contribution < 1.29 is 9.53 Å². The molecule has 0 unspecified atom stereocenters. The zero-order chi connectivity index (χ0) is 19.2. The molecule has 0 aliphatic carbocycles. The largest absolute Gasteiger partial charge is 0.497 e. The molecule has 0 aliphatic rings. The van der Waals surface area contributed by atoms with Crippen LogP contribution in [0.25, 0.3) is 11.3 Å². The van der Waals surface area contributed by atoms with Crippen molar-refractivity contribution in [2.24, 2.45) is 0 Å². The van der Waals surface area contributed by atoms with E-state index in [2.05, 4.69) is 22.6 Å². The second-order valence-corrected chi connectivity index (χ2v) is 7.28. The lowest BCUT2D eigenvalue weighted by Gasteiger charge is -2.09. The fraction of sp³-hybridized carbons (Fsp3) is 0.211. The van der Waals surface area contributed by atoms with E-state index in [0.29, 0.717) is 28.0 Å². The lowest BCUT2D eigenvalue weighted by molar-refractivity contribution is 0.101. The van der Waals surface area contributed by atoms with Gasteiger partial charge in [-0.3, -0.25) is 4.79 Å². The number of thioether (sulfide) groups is 1. The van der Waals surface area contributed by atoms with Crippen molar-refractivity contribution in [2.45, 2.75) is 12.8 Å². The zero-order valence-electron chi connectivity index (χ0n) is 15.0. The number of hydrogen-bond donors (Lipinski definition) is 1. The minimum Gasteiger partial charge on any atom is -0.497 e. The second-order valence-electron chi connectivity index (χ2n) is 5.60. The first-order chi connectivity index (χ1) is 13.1. The number of carbonyl (C=O) groups is 1. The van der Waals surface area contributed by atoms with Crippen molar-refractivity contribution in [2.75, 3.05) is 18.2 Å². The fourth-order valence-electron chi connectivity index (χ4n) is 2.47. The van der Waals surface area contributed by atoms with Crippen LogP contribution in [0.4, 0.5) is 5.69 Å². The minimum atomic E-state index is -0.273. The Hall–Kier alpha value is -2.51. The highest BCUT2D eigenvalue weighted by Gasteiger charge is 2.22. The standard InChI is InChI=1S/C19H19ClN4O2S/c1-3-27-12-24-18(19(25)21-15-8-6-14(20)7-9-15)17(22-23-24)13-4-10-16(26-2)11-5-13/h4-11H,3,12H2,1-2H3,(H,21,25). The van der Waals surface area contributed by atoms with Gasteiger partial charge in [0.05, 0.1) is 13.0 Å². The van der Waals surface area contributed by atoms with E-state index in [1.807, 2.05) is 24.3 Å². The summed E-state index contributed by atoms with van der Waals surface area (Å²) in [6.45, 7) is 2.05. The number of methoxy groups -OCH3 is 1. The first-order valence-corrected chi connectivity index (χ1v) is 9.88. The van der Waals surface area contributed by atoms with E-state index >= 15 is 0 Å². The predicted octanol–water partition coefficient (Wildman–Crippen LogP) is 4.57. The van der Waals surface area contributed by atoms with E-state index in [1.54, 1.807) is 47.8 Å². The van der Waals surface area contributed by atoms with E-state index < -0.39 is 0 Å². The molecule has 0 bridgehead atoms. The first kappa shape index (κ1) is 19.3. The van der Waals surface area contributed by atoms with Crippen LogP contribution in [0.1, 0.15) is 17.4 Å². The molecule has 1 aromatic heterocycles. The number of hydrogen-bond acceptors (Lipinski definition) is 5. The summed E-state index contributed by atoms with van der Waals surface area (Å²) >= 11 is 7.57. The average Bonchev–Trinajstić information content (AvgIpc) is 3.12. The van der Waals surface area contributed by atoms with Gasteiger partial charge in [0.15, 0.2) is 5.69 Å². The molecule has 6 nitrogen and oxygen atoms in total. The van der Waals surface area contributed by atoms with Gasteiger partial charge in [0.1, 0.15) is 11.4 Å². The van der Waals surface area contributed by atoms with Crippen LogP contribution in [0.2, 0.25) is 5.02 Å². The number of halogens is 1. The maximum Gasteiger partial charge on any atom is 0.276 e. The van der Waals surface area contributed by atoms with E-state index in [1.165, 1.54) is 0 Å². The van der Waals surface area contributed by atoms with Crippen LogP contribution in [0, 0.1) is 0 Å². The number of carbonyl (C=O) groups excluding carboxylic acids is 1. The van der Waals surface area contributed by atoms with Crippen LogP contribution in [0.3, 0.4) is 0 Å². The van der Waals surface area contributed by atoms with Gasteiger partial charge in [-0.25, -0.2) is 4.68 Å². The molecule has 27 heavy (non-hydrogen) atoms. The number of benzene rings is 2. The molecule has 0 spiro atoms. The number of nitrogens with zero attached hydrogens (tertiary/aromatic N) is 3. The quantitative estimate of drug-likeness (QED) is 0.626. The summed E-state index contributed by atoms with van der Waals surface area (Å²) in [4.78, 5) is 13.0. The van der Waals surface area contributed by atoms with Gasteiger partial charge < -0.3 is 10.1 Å². The molecule has 1 amide bonds. The Morgan fingerprint density at radius 1 is 1.19 bits per heavy atom. The zero-order valence-corrected chi connectivity index (χ0v) is 16.5. The summed E-state index contributed by atoms with van der Waals surface area (Å²) < 4.78 is 6.82. The summed E-state index contributed by atoms with van der Waals surface area (Å²) in [7, 11) is 1.61. The Morgan fingerprint density at radius 3 is 2.52 bits per heavy atom. The molecule has 1 N–H and O–H groups in total. The van der Waals surface area contributed by atoms with Crippen molar-refractivity contribution in [3.05, 3.63) is 59.2 Å². The molecular weight excluding hydrogens is 384 g/mol. The van der Waals surface area contributed by atoms with Crippen molar-refractivity contribution in [3.8, 4) is 17.0 Å². The lowest BCUT2D eigenvalue weighted by atomic mass is 10.1. The van der Waals surface area contributed by atoms with Gasteiger partial charge in [0, 0.05) is 16.3 Å². The Bertz CT molecular complexity index is 910. The smallest absolute Gasteiger partial charge is 0.276 e. The van der Waals surface area contributed by atoms with Gasteiger partial charge >= 0.3 is 0 Å². The average molecular weight is 403 g/mol. The third-order valence-corrected chi connectivity index (χ3v) is 4.92. The summed E-state index contributed by atoms with van der Waals surface area (Å²) in [5.41, 5.74) is 2.39. The van der Waals surface area contributed by atoms with Gasteiger partial charge in [-0.05, 0) is 54.3 Å². The van der Waals surface area contributed by atoms with Gasteiger partial charge in [-0.1, -0.05) is 23.7 Å². The molecule has 3 rings (SSSR count). The highest BCUT2D eigenvalue weighted by molar-refractivity contribution is 7.98. The number of rotatable bonds is 7. The minimum absolute atomic E-state index is 0.273. The van der Waals surface area contributed by atoms with Crippen LogP contribution in [0.15, 0.2) is 48.5 Å². The van der Waals surface area contributed by atoms with E-state index in [0.717, 1.165) is 17.1 Å². The van der Waals surface area contributed by atoms with Gasteiger partial charge in [0.2, 0.25) is 0 Å². The monoisotopic (exact) mass is 402 g/mol. The van der Waals surface area contributed by atoms with Gasteiger partial charge in [0.25, 0.3) is 5.91 Å². The number of amides is 1. The molecular formula is C19H19ClN4O2S. The topological polar surface area (TPSA) is 69.0 Å². The number of ether oxygens (including phenoxy) is 1. The van der Waals surface area contributed by atoms with Gasteiger partial charge in [-0.2, -0.15) is 0 Å². The second kappa shape index (κ2) is 8.92. The maximum absolute atomic E-state index is 13.0. The molecule has 2 aromatic carbocycles. The number of anilines is 1. The Morgan fingerprint density at radius 2 is 1.89 bits per heavy atom. The molecule has 3 aromatic rings. The molecule has 0 radical (unpaired) electrons. The van der Waals surface area contributed by atoms with Crippen LogP contribution < -0.4 is 10.1 Å². The van der Waals surface area contributed by atoms with Crippen LogP contribution in [-0.4, -0.2) is 33.8 Å². The highest BCUT2D eigenvalue weighted by atomic mass is 35.5. The van der Waals surface area contributed by atoms with Crippen molar-refractivity contribution >= 4 is 35.0 Å². The normalized spacial score (nSPS) is 10.6. The molecule has 8 heteroatoms. The highest BCUT2D eigenvalue weighted by Crippen LogP contribution is 2.25. The molecule has 140 valence electrons. The number of aromatic nitrogens is 3. The maximum atomic E-state index is 13.0. The molecule has 1 heterocycles. The van der Waals surface area contributed by atoms with E-state index in [9.17, 15) is 4.79 Å². The van der Waals surface area contributed by atoms with E-state index in [4.69, 9.17) is 16.3 Å². The Kier molecular flexibility index (Phi) is 6.36. The summed E-state index contributed by atoms with van der Waals surface area (Å²) in [6, 6.07) is 14.3. The van der Waals surface area contributed by atoms with Crippen molar-refractivity contribution in [1.29, 1.82) is 0 Å². The predicted molar refractivity (Wildman–Crippen MR) is 110 cm³/mol. The third-order valence-electron chi connectivity index (χ3n) is 3.83. The van der Waals surface area contributed by atoms with E-state index in [-0.39, 0.29) is 5.91 Å². The molecule has 0 fully saturated rings. The van der Waals surface area contributed by atoms with Crippen LogP contribution in [0.5, 0.6) is 5.75 Å². The fourth-order valence-corrected chi connectivity index (χ4v) is 3.14. The first-order valence-electron chi connectivity index (χ1n) is 8.35. The Labute approximate surface area is 166 Å². The van der Waals surface area contributed by atoms with Crippen LogP contribution >= 0.6 is 23.4 Å². The van der Waals surface area contributed by atoms with Crippen molar-refractivity contribution in [3.63, 3.8) is 0 Å². The third kappa shape index (κ3) is 4.61. The summed E-state index contributed by atoms with van der Waals surface area (Å²) in [5.74, 6) is 1.92. The Balaban J connectivity index is 1.95. The molecule has 0 atom stereocenters. The lowest BCUT2D eigenvalue weighted by Crippen LogP contribution is -2.18. The van der Waals surface area contributed by atoms with Crippen LogP contribution in [-0.2, 0) is 5.88 Å². The summed E-state index contributed by atoms with van der Waals surface area (Å²) in [6.07, 6.45) is 0. The summed E-state index contributed by atoms with van der Waals surface area (Å²) in [5, 5.41) is 11.9. The molecule has 0 saturated carbocycles. The number of nitrogens with one attached hydrogen (secondary N) is 1.